The topological polar surface area (TPSA) is 113 Å². The lowest BCUT2D eigenvalue weighted by Crippen LogP contribution is -2.55. The fourth-order valence-corrected chi connectivity index (χ4v) is 3.75. The van der Waals surface area contributed by atoms with Crippen molar-refractivity contribution in [3.8, 4) is 0 Å². The monoisotopic (exact) mass is 416 g/mol. The Hall–Kier alpha value is -1.71. The summed E-state index contributed by atoms with van der Waals surface area (Å²) >= 11 is 0. The van der Waals surface area contributed by atoms with Crippen LogP contribution >= 0.6 is 0 Å². The van der Waals surface area contributed by atoms with Crippen LogP contribution in [0.5, 0.6) is 0 Å². The number of likely N-dealkylation sites (tertiary alicyclic amines) is 1. The number of hydrogen-bond acceptors (Lipinski definition) is 6. The Morgan fingerprint density at radius 2 is 1.52 bits per heavy atom. The zero-order chi connectivity index (χ0) is 22.3. The number of piperazine rings is 1. The van der Waals surface area contributed by atoms with Gasteiger partial charge in [0, 0.05) is 50.7 Å². The highest BCUT2D eigenvalue weighted by Crippen LogP contribution is 2.15. The van der Waals surface area contributed by atoms with Gasteiger partial charge in [-0.1, -0.05) is 0 Å². The zero-order valence-electron chi connectivity index (χ0n) is 18.5. The molecule has 9 heteroatoms. The Morgan fingerprint density at radius 3 is 2.00 bits per heavy atom. The van der Waals surface area contributed by atoms with Gasteiger partial charge in [-0.25, -0.2) is 0 Å². The van der Waals surface area contributed by atoms with Gasteiger partial charge in [0.25, 0.3) is 12.9 Å². The quantitative estimate of drug-likeness (QED) is 0.522. The molecule has 0 aliphatic carbocycles. The van der Waals surface area contributed by atoms with E-state index in [1.54, 1.807) is 0 Å². The molecule has 2 aliphatic rings. The number of carbonyl (C=O) groups excluding carboxylic acids is 1. The maximum atomic E-state index is 12.3. The van der Waals surface area contributed by atoms with Gasteiger partial charge in [-0.05, 0) is 60.2 Å². The lowest BCUT2D eigenvalue weighted by atomic mass is 10.0. The number of likely N-dealkylation sites (N-methyl/N-ethyl adjacent to an activating group) is 1. The summed E-state index contributed by atoms with van der Waals surface area (Å²) in [4.78, 5) is 36.4. The number of carboxylic acid groups (broad SMARTS) is 2. The Bertz CT molecular complexity index is 456. The molecule has 0 spiro atoms. The predicted molar refractivity (Wildman–Crippen MR) is 113 cm³/mol. The van der Waals surface area contributed by atoms with Crippen molar-refractivity contribution in [3.63, 3.8) is 0 Å². The van der Waals surface area contributed by atoms with Crippen LogP contribution in [0.25, 0.3) is 0 Å². The second kappa shape index (κ2) is 15.2. The number of amides is 1. The Balaban J connectivity index is 0.00000116. The molecular formula is C20H40N4O5. The minimum absolute atomic E-state index is 0.149. The lowest BCUT2D eigenvalue weighted by Gasteiger charge is -2.38. The minimum atomic E-state index is -0.250. The second-order valence-electron chi connectivity index (χ2n) is 8.35. The van der Waals surface area contributed by atoms with Crippen molar-refractivity contribution < 1.29 is 24.6 Å². The fourth-order valence-electron chi connectivity index (χ4n) is 3.75. The molecule has 2 rings (SSSR count). The van der Waals surface area contributed by atoms with Gasteiger partial charge < -0.3 is 25.3 Å². The van der Waals surface area contributed by atoms with Crippen LogP contribution < -0.4 is 5.32 Å². The molecule has 3 N–H and O–H groups in total. The van der Waals surface area contributed by atoms with Gasteiger partial charge >= 0.3 is 0 Å². The van der Waals surface area contributed by atoms with Crippen molar-refractivity contribution in [2.45, 2.75) is 58.0 Å². The maximum Gasteiger partial charge on any atom is 0.290 e. The number of hydrogen-bond donors (Lipinski definition) is 3. The van der Waals surface area contributed by atoms with Crippen molar-refractivity contribution in [2.24, 2.45) is 0 Å². The van der Waals surface area contributed by atoms with E-state index in [0.717, 1.165) is 39.1 Å². The van der Waals surface area contributed by atoms with Crippen LogP contribution in [0.4, 0.5) is 0 Å². The lowest BCUT2D eigenvalue weighted by molar-refractivity contribution is -0.124. The molecule has 2 saturated heterocycles. The van der Waals surface area contributed by atoms with E-state index in [1.807, 2.05) is 0 Å². The summed E-state index contributed by atoms with van der Waals surface area (Å²) in [5.74, 6) is 0.204. The van der Waals surface area contributed by atoms with E-state index in [4.69, 9.17) is 19.8 Å². The molecule has 2 aliphatic heterocycles. The summed E-state index contributed by atoms with van der Waals surface area (Å²) in [5, 5.41) is 17.0. The Kier molecular flexibility index (Phi) is 14.3. The molecule has 0 aromatic heterocycles. The molecule has 0 radical (unpaired) electrons. The summed E-state index contributed by atoms with van der Waals surface area (Å²) in [6.07, 6.45) is 4.24. The van der Waals surface area contributed by atoms with Crippen LogP contribution in [0.3, 0.4) is 0 Å². The molecule has 0 saturated carbocycles. The van der Waals surface area contributed by atoms with E-state index in [0.29, 0.717) is 12.5 Å². The molecular weight excluding hydrogens is 376 g/mol. The van der Waals surface area contributed by atoms with Crippen LogP contribution in [0.1, 0.15) is 46.5 Å². The smallest absolute Gasteiger partial charge is 0.290 e. The van der Waals surface area contributed by atoms with E-state index in [9.17, 15) is 4.79 Å². The summed E-state index contributed by atoms with van der Waals surface area (Å²) in [6, 6.07) is 0.531. The highest BCUT2D eigenvalue weighted by molar-refractivity contribution is 5.76. The summed E-state index contributed by atoms with van der Waals surface area (Å²) < 4.78 is 0. The van der Waals surface area contributed by atoms with E-state index in [2.05, 4.69) is 47.8 Å². The Morgan fingerprint density at radius 1 is 1.03 bits per heavy atom. The first kappa shape index (κ1) is 27.3. The molecule has 1 atom stereocenters. The zero-order valence-corrected chi connectivity index (χ0v) is 18.5. The molecule has 0 aromatic rings. The highest BCUT2D eigenvalue weighted by atomic mass is 16.3. The number of nitrogens with one attached hydrogen (secondary N) is 1. The molecule has 0 aromatic carbocycles. The first-order chi connectivity index (χ1) is 13.7. The molecule has 0 bridgehead atoms. The van der Waals surface area contributed by atoms with E-state index in [-0.39, 0.29) is 24.4 Å². The molecule has 170 valence electrons. The number of rotatable bonds is 7. The van der Waals surface area contributed by atoms with Crippen LogP contribution in [0.15, 0.2) is 0 Å². The van der Waals surface area contributed by atoms with Crippen LogP contribution in [-0.2, 0) is 14.4 Å². The second-order valence-corrected chi connectivity index (χ2v) is 8.35. The van der Waals surface area contributed by atoms with Gasteiger partial charge in [0.2, 0.25) is 5.91 Å². The highest BCUT2D eigenvalue weighted by Gasteiger charge is 2.26. The van der Waals surface area contributed by atoms with Crippen molar-refractivity contribution in [2.75, 3.05) is 52.9 Å². The first-order valence-electron chi connectivity index (χ1n) is 10.3. The molecule has 9 nitrogen and oxygen atoms in total. The van der Waals surface area contributed by atoms with Gasteiger partial charge in [0.15, 0.2) is 0 Å². The van der Waals surface area contributed by atoms with Crippen molar-refractivity contribution in [1.29, 1.82) is 0 Å². The average Bonchev–Trinajstić information content (AvgIpc) is 3.17. The SMILES string of the molecule is CC(CCC(=O)NC(C)(C)CN1CCN(C)CC1)N1CCCC1.O=CO.O=CO. The summed E-state index contributed by atoms with van der Waals surface area (Å²) in [7, 11) is 2.17. The largest absolute Gasteiger partial charge is 0.483 e. The van der Waals surface area contributed by atoms with E-state index >= 15 is 0 Å². The fraction of sp³-hybridized carbons (Fsp3) is 0.850. The maximum absolute atomic E-state index is 12.3. The number of carbonyl (C=O) groups is 3. The van der Waals surface area contributed by atoms with Crippen LogP contribution in [0.2, 0.25) is 0 Å². The van der Waals surface area contributed by atoms with Crippen LogP contribution in [-0.4, -0.2) is 108 Å². The van der Waals surface area contributed by atoms with Gasteiger partial charge in [-0.2, -0.15) is 0 Å². The molecule has 1 amide bonds. The van der Waals surface area contributed by atoms with Crippen molar-refractivity contribution in [3.05, 3.63) is 0 Å². The molecule has 2 fully saturated rings. The molecule has 29 heavy (non-hydrogen) atoms. The minimum Gasteiger partial charge on any atom is -0.483 e. The van der Waals surface area contributed by atoms with Gasteiger partial charge in [0.1, 0.15) is 0 Å². The van der Waals surface area contributed by atoms with E-state index in [1.165, 1.54) is 25.9 Å². The van der Waals surface area contributed by atoms with Gasteiger partial charge in [0.05, 0.1) is 0 Å². The predicted octanol–water partition coefficient (Wildman–Crippen LogP) is 0.795. The third-order valence-electron chi connectivity index (χ3n) is 5.25. The van der Waals surface area contributed by atoms with Crippen LogP contribution in [0, 0.1) is 0 Å². The Labute approximate surface area is 175 Å². The summed E-state index contributed by atoms with van der Waals surface area (Å²) in [6.45, 7) is 13.8. The third-order valence-corrected chi connectivity index (χ3v) is 5.25. The summed E-state index contributed by atoms with van der Waals surface area (Å²) in [5.41, 5.74) is -0.149. The average molecular weight is 417 g/mol. The third kappa shape index (κ3) is 13.2. The van der Waals surface area contributed by atoms with Crippen molar-refractivity contribution >= 4 is 18.9 Å². The van der Waals surface area contributed by atoms with Crippen molar-refractivity contribution in [1.82, 2.24) is 20.0 Å². The van der Waals surface area contributed by atoms with E-state index < -0.39 is 0 Å². The molecule has 1 unspecified atom stereocenters. The molecule has 2 heterocycles. The van der Waals surface area contributed by atoms with Gasteiger partial charge in [-0.15, -0.1) is 0 Å². The standard InChI is InChI=1S/C18H36N4O.2CH2O2/c1-16(22-9-5-6-10-22)7-8-17(23)19-18(2,3)15-21-13-11-20(4)12-14-21;2*2-1-3/h16H,5-15H2,1-4H3,(H,19,23);2*1H,(H,2,3). The first-order valence-corrected chi connectivity index (χ1v) is 10.3. The number of nitrogens with zero attached hydrogens (tertiary/aromatic N) is 3. The normalized spacial score (nSPS) is 19.2. The van der Waals surface area contributed by atoms with Gasteiger partial charge in [-0.3, -0.25) is 19.3 Å².